The van der Waals surface area contributed by atoms with E-state index < -0.39 is 41.2 Å². The molecule has 2 fully saturated rings. The number of carboxylic acid groups (broad SMARTS) is 1. The van der Waals surface area contributed by atoms with Crippen molar-refractivity contribution in [3.8, 4) is 5.75 Å². The first kappa shape index (κ1) is 23.1. The molecule has 2 aromatic carbocycles. The van der Waals surface area contributed by atoms with Gasteiger partial charge in [-0.05, 0) is 64.8 Å². The molecule has 0 saturated carbocycles. The number of fused-ring (bicyclic) bond motifs is 1. The summed E-state index contributed by atoms with van der Waals surface area (Å²) in [6.07, 6.45) is 2.05. The quantitative estimate of drug-likeness (QED) is 0.350. The van der Waals surface area contributed by atoms with Crippen LogP contribution in [0.15, 0.2) is 48.5 Å². The highest BCUT2D eigenvalue weighted by Gasteiger charge is 2.68. The number of nitrogens with one attached hydrogen (secondary N) is 1. The molecule has 2 amide bonds. The fraction of sp³-hybridized carbons (Fsp3) is 0.348. The standard InChI is InChI=1S/C23H23IN2O5S/c1-32-10-9-23(22(30)31)18-17(19(25-23)15-11-14(24)7-8-16(15)27)20(28)26(21(18)29)12-13-5-3-2-4-6-13/h2-8,11,17-19,25,27H,9-10,12H2,1H3,(H,30,31)/t17-,18+,19-,23+/m1/s1. The summed E-state index contributed by atoms with van der Waals surface area (Å²) in [6.45, 7) is 0.0920. The Morgan fingerprint density at radius 1 is 1.19 bits per heavy atom. The van der Waals surface area contributed by atoms with Gasteiger partial charge in [0.25, 0.3) is 0 Å². The number of aliphatic carboxylic acids is 1. The average molecular weight is 566 g/mol. The Labute approximate surface area is 203 Å². The molecule has 0 radical (unpaired) electrons. The number of likely N-dealkylation sites (tertiary alicyclic amines) is 1. The Morgan fingerprint density at radius 2 is 1.91 bits per heavy atom. The predicted molar refractivity (Wildman–Crippen MR) is 129 cm³/mol. The molecule has 0 aliphatic carbocycles. The smallest absolute Gasteiger partial charge is 0.324 e. The summed E-state index contributed by atoms with van der Waals surface area (Å²) in [7, 11) is 0. The van der Waals surface area contributed by atoms with E-state index in [1.165, 1.54) is 22.7 Å². The molecule has 2 aliphatic heterocycles. The molecule has 0 spiro atoms. The maximum absolute atomic E-state index is 13.5. The molecule has 4 atom stereocenters. The van der Waals surface area contributed by atoms with Gasteiger partial charge in [-0.15, -0.1) is 0 Å². The van der Waals surface area contributed by atoms with Crippen molar-refractivity contribution in [3.63, 3.8) is 0 Å². The molecular formula is C23H23IN2O5S. The third kappa shape index (κ3) is 3.80. The van der Waals surface area contributed by atoms with E-state index in [4.69, 9.17) is 0 Å². The Morgan fingerprint density at radius 3 is 2.56 bits per heavy atom. The fourth-order valence-corrected chi connectivity index (χ4v) is 5.86. The molecule has 2 saturated heterocycles. The van der Waals surface area contributed by atoms with Crippen LogP contribution >= 0.6 is 34.4 Å². The van der Waals surface area contributed by atoms with Crippen molar-refractivity contribution in [2.75, 3.05) is 12.0 Å². The minimum atomic E-state index is -1.59. The van der Waals surface area contributed by atoms with Crippen LogP contribution in [0.2, 0.25) is 0 Å². The van der Waals surface area contributed by atoms with Crippen molar-refractivity contribution >= 4 is 52.1 Å². The first-order chi connectivity index (χ1) is 15.3. The van der Waals surface area contributed by atoms with Crippen molar-refractivity contribution in [3.05, 3.63) is 63.2 Å². The number of phenolic OH excluding ortho intramolecular Hbond substituents is 1. The average Bonchev–Trinajstić information content (AvgIpc) is 3.25. The Hall–Kier alpha value is -2.11. The van der Waals surface area contributed by atoms with Crippen LogP contribution in [0.4, 0.5) is 0 Å². The lowest BCUT2D eigenvalue weighted by Crippen LogP contribution is -2.56. The minimum absolute atomic E-state index is 0.0329. The van der Waals surface area contributed by atoms with Gasteiger partial charge in [0.2, 0.25) is 11.8 Å². The van der Waals surface area contributed by atoms with E-state index in [1.54, 1.807) is 12.1 Å². The number of phenols is 1. The summed E-state index contributed by atoms with van der Waals surface area (Å²) < 4.78 is 0.837. The van der Waals surface area contributed by atoms with E-state index >= 15 is 0 Å². The van der Waals surface area contributed by atoms with Gasteiger partial charge >= 0.3 is 5.97 Å². The SMILES string of the molecule is CSCC[C@]1(C(=O)O)N[C@H](c2cc(I)ccc2O)[C@@H]2C(=O)N(Cc3ccccc3)C(=O)[C@H]21. The molecule has 2 heterocycles. The number of carbonyl (C=O) groups is 3. The summed E-state index contributed by atoms with van der Waals surface area (Å²) in [5.41, 5.74) is -0.368. The molecule has 9 heteroatoms. The number of imide groups is 1. The molecule has 0 bridgehead atoms. The summed E-state index contributed by atoms with van der Waals surface area (Å²) in [4.78, 5) is 40.9. The number of carbonyl (C=O) groups excluding carboxylic acids is 2. The fourth-order valence-electron chi connectivity index (χ4n) is 4.82. The van der Waals surface area contributed by atoms with Crippen molar-refractivity contribution < 1.29 is 24.6 Å². The number of hydrogen-bond donors (Lipinski definition) is 3. The normalized spacial score (nSPS) is 27.1. The molecule has 0 unspecified atom stereocenters. The highest BCUT2D eigenvalue weighted by Crippen LogP contribution is 2.52. The highest BCUT2D eigenvalue weighted by molar-refractivity contribution is 14.1. The van der Waals surface area contributed by atoms with Crippen LogP contribution in [0.5, 0.6) is 5.75 Å². The molecular weight excluding hydrogens is 543 g/mol. The summed E-state index contributed by atoms with van der Waals surface area (Å²) in [5, 5.41) is 24.0. The summed E-state index contributed by atoms with van der Waals surface area (Å²) >= 11 is 3.58. The molecule has 2 aliphatic rings. The third-order valence-corrected chi connectivity index (χ3v) is 7.62. The first-order valence-corrected chi connectivity index (χ1v) is 12.6. The van der Waals surface area contributed by atoms with E-state index in [9.17, 15) is 24.6 Å². The van der Waals surface area contributed by atoms with E-state index in [2.05, 4.69) is 27.9 Å². The van der Waals surface area contributed by atoms with Gasteiger partial charge in [-0.2, -0.15) is 11.8 Å². The zero-order chi connectivity index (χ0) is 23.0. The topological polar surface area (TPSA) is 107 Å². The van der Waals surface area contributed by atoms with Gasteiger partial charge < -0.3 is 10.2 Å². The molecule has 32 heavy (non-hydrogen) atoms. The second-order valence-electron chi connectivity index (χ2n) is 8.10. The van der Waals surface area contributed by atoms with Gasteiger partial charge in [-0.3, -0.25) is 24.6 Å². The number of thioether (sulfide) groups is 1. The zero-order valence-corrected chi connectivity index (χ0v) is 20.3. The van der Waals surface area contributed by atoms with E-state index in [0.29, 0.717) is 11.3 Å². The summed E-state index contributed by atoms with van der Waals surface area (Å²) in [5.74, 6) is -3.53. The molecule has 4 rings (SSSR count). The van der Waals surface area contributed by atoms with Crippen molar-refractivity contribution in [1.82, 2.24) is 10.2 Å². The molecule has 0 aromatic heterocycles. The number of carboxylic acids is 1. The second-order valence-corrected chi connectivity index (χ2v) is 10.3. The van der Waals surface area contributed by atoms with E-state index in [-0.39, 0.29) is 18.7 Å². The van der Waals surface area contributed by atoms with Crippen LogP contribution in [0.25, 0.3) is 0 Å². The Bertz CT molecular complexity index is 1070. The van der Waals surface area contributed by atoms with Crippen LogP contribution in [-0.2, 0) is 20.9 Å². The van der Waals surface area contributed by atoms with Crippen molar-refractivity contribution in [2.45, 2.75) is 24.5 Å². The summed E-state index contributed by atoms with van der Waals surface area (Å²) in [6, 6.07) is 13.4. The van der Waals surface area contributed by atoms with Crippen LogP contribution in [0.3, 0.4) is 0 Å². The number of nitrogens with zero attached hydrogens (tertiary/aromatic N) is 1. The Kier molecular flexibility index (Phi) is 6.51. The lowest BCUT2D eigenvalue weighted by Gasteiger charge is -2.31. The first-order valence-electron chi connectivity index (χ1n) is 10.2. The number of benzene rings is 2. The Balaban J connectivity index is 1.81. The number of hydrogen-bond acceptors (Lipinski definition) is 6. The van der Waals surface area contributed by atoms with Crippen LogP contribution in [-0.4, -0.2) is 50.4 Å². The maximum Gasteiger partial charge on any atom is 0.324 e. The number of rotatable bonds is 7. The minimum Gasteiger partial charge on any atom is -0.508 e. The van der Waals surface area contributed by atoms with Gasteiger partial charge in [0.1, 0.15) is 11.3 Å². The third-order valence-electron chi connectivity index (χ3n) is 6.34. The molecule has 3 N–H and O–H groups in total. The maximum atomic E-state index is 13.5. The van der Waals surface area contributed by atoms with Gasteiger partial charge in [0.05, 0.1) is 18.4 Å². The van der Waals surface area contributed by atoms with Gasteiger partial charge in [0.15, 0.2) is 0 Å². The molecule has 2 aromatic rings. The van der Waals surface area contributed by atoms with Crippen LogP contribution in [0.1, 0.15) is 23.6 Å². The largest absolute Gasteiger partial charge is 0.508 e. The zero-order valence-electron chi connectivity index (χ0n) is 17.3. The van der Waals surface area contributed by atoms with Crippen molar-refractivity contribution in [1.29, 1.82) is 0 Å². The number of aromatic hydroxyl groups is 1. The number of halogens is 1. The monoisotopic (exact) mass is 566 g/mol. The van der Waals surface area contributed by atoms with Crippen molar-refractivity contribution in [2.24, 2.45) is 11.8 Å². The lowest BCUT2D eigenvalue weighted by atomic mass is 9.78. The molecule has 7 nitrogen and oxygen atoms in total. The van der Waals surface area contributed by atoms with Gasteiger partial charge in [0, 0.05) is 15.2 Å². The number of amides is 2. The van der Waals surface area contributed by atoms with Crippen LogP contribution in [0, 0.1) is 15.4 Å². The predicted octanol–water partition coefficient (Wildman–Crippen LogP) is 3.02. The van der Waals surface area contributed by atoms with E-state index in [0.717, 1.165) is 9.13 Å². The van der Waals surface area contributed by atoms with Gasteiger partial charge in [-0.25, -0.2) is 0 Å². The highest BCUT2D eigenvalue weighted by atomic mass is 127. The second kappa shape index (κ2) is 9.03. The lowest BCUT2D eigenvalue weighted by molar-refractivity contribution is -0.151. The van der Waals surface area contributed by atoms with Crippen LogP contribution < -0.4 is 5.32 Å². The van der Waals surface area contributed by atoms with E-state index in [1.807, 2.05) is 36.6 Å². The molecule has 168 valence electrons. The van der Waals surface area contributed by atoms with Gasteiger partial charge in [-0.1, -0.05) is 30.3 Å².